The normalized spacial score (nSPS) is 18.5. The van der Waals surface area contributed by atoms with E-state index in [1.807, 2.05) is 13.0 Å². The predicted molar refractivity (Wildman–Crippen MR) is 82.7 cm³/mol. The van der Waals surface area contributed by atoms with Crippen LogP contribution < -0.4 is 5.32 Å². The van der Waals surface area contributed by atoms with Gasteiger partial charge < -0.3 is 10.4 Å². The Bertz CT molecular complexity index is 621. The molecule has 0 radical (unpaired) electrons. The van der Waals surface area contributed by atoms with E-state index in [4.69, 9.17) is 0 Å². The SMILES string of the molecule is Cc1nc(Nc2cnccn2)cc([C@H]2CCCN2CCO)n1. The highest BCUT2D eigenvalue weighted by atomic mass is 16.3. The predicted octanol–water partition coefficient (Wildman–Crippen LogP) is 1.45. The van der Waals surface area contributed by atoms with Crippen molar-refractivity contribution in [2.45, 2.75) is 25.8 Å². The number of likely N-dealkylation sites (tertiary alicyclic amines) is 1. The third kappa shape index (κ3) is 3.37. The molecule has 1 aliphatic rings. The van der Waals surface area contributed by atoms with E-state index in [2.05, 4.69) is 30.2 Å². The molecule has 0 unspecified atom stereocenters. The molecule has 0 spiro atoms. The summed E-state index contributed by atoms with van der Waals surface area (Å²) in [5.41, 5.74) is 0.991. The molecule has 0 amide bonds. The van der Waals surface area contributed by atoms with Crippen LogP contribution in [0.25, 0.3) is 0 Å². The van der Waals surface area contributed by atoms with Gasteiger partial charge >= 0.3 is 0 Å². The Morgan fingerprint density at radius 3 is 3.00 bits per heavy atom. The largest absolute Gasteiger partial charge is 0.395 e. The van der Waals surface area contributed by atoms with Crippen LogP contribution in [0.1, 0.15) is 30.4 Å². The van der Waals surface area contributed by atoms with Gasteiger partial charge in [-0.3, -0.25) is 9.88 Å². The van der Waals surface area contributed by atoms with Crippen LogP contribution in [-0.4, -0.2) is 49.6 Å². The summed E-state index contributed by atoms with van der Waals surface area (Å²) in [7, 11) is 0. The number of β-amino-alcohol motifs (C(OH)–C–C–N with tert-alkyl or cyclic N) is 1. The molecule has 2 aromatic rings. The Hall–Kier alpha value is -2.12. The van der Waals surface area contributed by atoms with Crippen molar-refractivity contribution >= 4 is 11.6 Å². The zero-order chi connectivity index (χ0) is 15.4. The van der Waals surface area contributed by atoms with Crippen molar-refractivity contribution in [1.29, 1.82) is 0 Å². The zero-order valence-electron chi connectivity index (χ0n) is 12.6. The topological polar surface area (TPSA) is 87.1 Å². The van der Waals surface area contributed by atoms with Gasteiger partial charge in [0.15, 0.2) is 0 Å². The molecule has 7 heteroatoms. The van der Waals surface area contributed by atoms with Gasteiger partial charge in [-0.2, -0.15) is 0 Å². The molecule has 1 atom stereocenters. The summed E-state index contributed by atoms with van der Waals surface area (Å²) in [5.74, 6) is 2.10. The van der Waals surface area contributed by atoms with Gasteiger partial charge in [-0.05, 0) is 26.3 Å². The molecule has 22 heavy (non-hydrogen) atoms. The van der Waals surface area contributed by atoms with Gasteiger partial charge in [-0.25, -0.2) is 15.0 Å². The molecular weight excluding hydrogens is 280 g/mol. The minimum Gasteiger partial charge on any atom is -0.395 e. The third-order valence-corrected chi connectivity index (χ3v) is 3.77. The standard InChI is InChI=1S/C15H20N6O/c1-11-18-12(13-3-2-6-21(13)7-8-22)9-14(19-11)20-15-10-16-4-5-17-15/h4-5,9-10,13,22H,2-3,6-8H2,1H3,(H,17,18,19,20)/t13-/m1/s1. The van der Waals surface area contributed by atoms with E-state index in [1.165, 1.54) is 0 Å². The Labute approximate surface area is 129 Å². The average molecular weight is 300 g/mol. The molecule has 0 bridgehead atoms. The minimum atomic E-state index is 0.172. The molecule has 3 rings (SSSR count). The molecule has 1 fully saturated rings. The number of nitrogens with one attached hydrogen (secondary N) is 1. The lowest BCUT2D eigenvalue weighted by molar-refractivity contribution is 0.183. The maximum Gasteiger partial charge on any atom is 0.150 e. The van der Waals surface area contributed by atoms with Crippen molar-refractivity contribution in [1.82, 2.24) is 24.8 Å². The number of aliphatic hydroxyl groups excluding tert-OH is 1. The first-order chi connectivity index (χ1) is 10.8. The Kier molecular flexibility index (Phi) is 4.55. The molecule has 116 valence electrons. The van der Waals surface area contributed by atoms with E-state index in [-0.39, 0.29) is 12.6 Å². The summed E-state index contributed by atoms with van der Waals surface area (Å²) in [5, 5.41) is 12.4. The van der Waals surface area contributed by atoms with Crippen molar-refractivity contribution < 1.29 is 5.11 Å². The lowest BCUT2D eigenvalue weighted by Gasteiger charge is -2.23. The summed E-state index contributed by atoms with van der Waals surface area (Å²) >= 11 is 0. The highest BCUT2D eigenvalue weighted by Crippen LogP contribution is 2.31. The second kappa shape index (κ2) is 6.76. The van der Waals surface area contributed by atoms with E-state index in [9.17, 15) is 5.11 Å². The van der Waals surface area contributed by atoms with E-state index >= 15 is 0 Å². The number of nitrogens with zero attached hydrogens (tertiary/aromatic N) is 5. The molecule has 0 aliphatic carbocycles. The molecular formula is C15H20N6O. The number of hydrogen-bond acceptors (Lipinski definition) is 7. The zero-order valence-corrected chi connectivity index (χ0v) is 12.6. The molecule has 0 aromatic carbocycles. The molecule has 3 heterocycles. The number of hydrogen-bond donors (Lipinski definition) is 2. The van der Waals surface area contributed by atoms with Crippen molar-refractivity contribution in [3.63, 3.8) is 0 Å². The third-order valence-electron chi connectivity index (χ3n) is 3.77. The first-order valence-electron chi connectivity index (χ1n) is 7.50. The molecule has 2 aromatic heterocycles. The van der Waals surface area contributed by atoms with Crippen molar-refractivity contribution in [3.8, 4) is 0 Å². The van der Waals surface area contributed by atoms with Gasteiger partial charge in [0, 0.05) is 25.0 Å². The summed E-state index contributed by atoms with van der Waals surface area (Å²) < 4.78 is 0. The minimum absolute atomic E-state index is 0.172. The number of rotatable bonds is 5. The second-order valence-electron chi connectivity index (χ2n) is 5.36. The van der Waals surface area contributed by atoms with Gasteiger partial charge in [-0.1, -0.05) is 0 Å². The van der Waals surface area contributed by atoms with Gasteiger partial charge in [0.25, 0.3) is 0 Å². The van der Waals surface area contributed by atoms with E-state index in [0.717, 1.165) is 36.7 Å². The van der Waals surface area contributed by atoms with Crippen LogP contribution >= 0.6 is 0 Å². The van der Waals surface area contributed by atoms with Crippen molar-refractivity contribution in [2.75, 3.05) is 25.0 Å². The van der Waals surface area contributed by atoms with E-state index in [0.29, 0.717) is 12.4 Å². The van der Waals surface area contributed by atoms with Crippen LogP contribution in [0.5, 0.6) is 0 Å². The van der Waals surface area contributed by atoms with Crippen LogP contribution in [0.15, 0.2) is 24.7 Å². The fourth-order valence-corrected chi connectivity index (χ4v) is 2.88. The maximum absolute atomic E-state index is 9.19. The van der Waals surface area contributed by atoms with Gasteiger partial charge in [0.2, 0.25) is 0 Å². The lowest BCUT2D eigenvalue weighted by atomic mass is 10.1. The van der Waals surface area contributed by atoms with E-state index < -0.39 is 0 Å². The fraction of sp³-hybridized carbons (Fsp3) is 0.467. The summed E-state index contributed by atoms with van der Waals surface area (Å²) in [6.45, 7) is 3.74. The summed E-state index contributed by atoms with van der Waals surface area (Å²) in [6.07, 6.45) is 7.11. The Morgan fingerprint density at radius 1 is 1.32 bits per heavy atom. The first kappa shape index (κ1) is 14.8. The smallest absolute Gasteiger partial charge is 0.150 e. The number of aliphatic hydroxyl groups is 1. The monoisotopic (exact) mass is 300 g/mol. The summed E-state index contributed by atoms with van der Waals surface area (Å²) in [4.78, 5) is 19.5. The highest BCUT2D eigenvalue weighted by Gasteiger charge is 2.27. The number of aromatic nitrogens is 4. The van der Waals surface area contributed by atoms with Crippen LogP contribution in [0.2, 0.25) is 0 Å². The van der Waals surface area contributed by atoms with Crippen LogP contribution in [0, 0.1) is 6.92 Å². The molecule has 2 N–H and O–H groups in total. The number of anilines is 2. The summed E-state index contributed by atoms with van der Waals surface area (Å²) in [6, 6.07) is 2.21. The van der Waals surface area contributed by atoms with Crippen LogP contribution in [0.3, 0.4) is 0 Å². The second-order valence-corrected chi connectivity index (χ2v) is 5.36. The number of aryl methyl sites for hydroxylation is 1. The van der Waals surface area contributed by atoms with Gasteiger partial charge in [0.05, 0.1) is 24.5 Å². The van der Waals surface area contributed by atoms with Crippen molar-refractivity contribution in [3.05, 3.63) is 36.2 Å². The molecule has 0 saturated carbocycles. The highest BCUT2D eigenvalue weighted by molar-refractivity contribution is 5.50. The average Bonchev–Trinajstić information content (AvgIpc) is 2.96. The lowest BCUT2D eigenvalue weighted by Crippen LogP contribution is -2.27. The van der Waals surface area contributed by atoms with E-state index in [1.54, 1.807) is 18.6 Å². The first-order valence-corrected chi connectivity index (χ1v) is 7.50. The molecule has 1 saturated heterocycles. The maximum atomic E-state index is 9.19. The van der Waals surface area contributed by atoms with Crippen LogP contribution in [-0.2, 0) is 0 Å². The van der Waals surface area contributed by atoms with Gasteiger partial charge in [-0.15, -0.1) is 0 Å². The Morgan fingerprint density at radius 2 is 2.23 bits per heavy atom. The Balaban J connectivity index is 1.83. The van der Waals surface area contributed by atoms with Gasteiger partial charge in [0.1, 0.15) is 17.5 Å². The van der Waals surface area contributed by atoms with Crippen LogP contribution in [0.4, 0.5) is 11.6 Å². The quantitative estimate of drug-likeness (QED) is 0.864. The molecule has 1 aliphatic heterocycles. The van der Waals surface area contributed by atoms with Crippen molar-refractivity contribution in [2.24, 2.45) is 0 Å². The molecule has 7 nitrogen and oxygen atoms in total. The fourth-order valence-electron chi connectivity index (χ4n) is 2.88.